The van der Waals surface area contributed by atoms with Gasteiger partial charge in [-0.1, -0.05) is 18.2 Å². The van der Waals surface area contributed by atoms with Crippen molar-refractivity contribution in [2.24, 2.45) is 4.99 Å². The zero-order valence-electron chi connectivity index (χ0n) is 10.5. The van der Waals surface area contributed by atoms with Crippen LogP contribution in [0.5, 0.6) is 0 Å². The van der Waals surface area contributed by atoms with E-state index < -0.39 is 37.1 Å². The number of hydrogen-bond acceptors (Lipinski definition) is 7. The second-order valence-corrected chi connectivity index (χ2v) is 4.51. The van der Waals surface area contributed by atoms with Crippen molar-refractivity contribution in [1.82, 2.24) is 0 Å². The van der Waals surface area contributed by atoms with Crippen LogP contribution in [0.3, 0.4) is 0 Å². The van der Waals surface area contributed by atoms with E-state index in [2.05, 4.69) is 4.99 Å². The van der Waals surface area contributed by atoms with E-state index in [0.29, 0.717) is 5.56 Å². The first-order valence-corrected chi connectivity index (χ1v) is 6.07. The first-order valence-electron chi connectivity index (χ1n) is 6.07. The van der Waals surface area contributed by atoms with Crippen molar-refractivity contribution in [3.63, 3.8) is 0 Å². The molecule has 1 aromatic rings. The lowest BCUT2D eigenvalue weighted by molar-refractivity contribution is -0.231. The molecular formula is C13H15NO6. The molecule has 20 heavy (non-hydrogen) atoms. The number of aliphatic imine (C=N–C) groups is 1. The van der Waals surface area contributed by atoms with Crippen LogP contribution in [0.15, 0.2) is 29.3 Å². The molecule has 1 aromatic carbocycles. The van der Waals surface area contributed by atoms with E-state index in [1.165, 1.54) is 12.1 Å². The molecule has 1 heterocycles. The van der Waals surface area contributed by atoms with Gasteiger partial charge in [0.1, 0.15) is 30.5 Å². The zero-order chi connectivity index (χ0) is 14.7. The first-order chi connectivity index (χ1) is 9.60. The fourth-order valence-electron chi connectivity index (χ4n) is 2.24. The summed E-state index contributed by atoms with van der Waals surface area (Å²) in [6.07, 6.45) is -4.93. The standard InChI is InChI=1S/C13H15NO6/c15-5-9-10(17)11(18)12(19)13(20-9)7-3-1-2-4-8(7)14-6-16/h1-4,9-13,15,17-19H,5H2/t9-,10+,11+,12-,13-/m1/s1. The van der Waals surface area contributed by atoms with Gasteiger partial charge in [0.25, 0.3) is 0 Å². The minimum atomic E-state index is -1.47. The maximum atomic E-state index is 10.4. The largest absolute Gasteiger partial charge is 0.394 e. The Balaban J connectivity index is 2.38. The van der Waals surface area contributed by atoms with Crippen LogP contribution < -0.4 is 0 Å². The van der Waals surface area contributed by atoms with Crippen molar-refractivity contribution in [2.45, 2.75) is 30.5 Å². The highest BCUT2D eigenvalue weighted by Crippen LogP contribution is 2.36. The van der Waals surface area contributed by atoms with Gasteiger partial charge < -0.3 is 25.2 Å². The Kier molecular flexibility index (Phi) is 4.61. The third kappa shape index (κ3) is 2.64. The number of aliphatic hydroxyl groups is 4. The van der Waals surface area contributed by atoms with Crippen LogP contribution in [0, 0.1) is 0 Å². The van der Waals surface area contributed by atoms with Crippen LogP contribution in [-0.4, -0.2) is 57.5 Å². The maximum absolute atomic E-state index is 10.4. The van der Waals surface area contributed by atoms with Crippen molar-refractivity contribution >= 4 is 11.8 Å². The summed E-state index contributed by atoms with van der Waals surface area (Å²) in [6.45, 7) is -0.513. The third-order valence-electron chi connectivity index (χ3n) is 3.30. The van der Waals surface area contributed by atoms with Crippen molar-refractivity contribution in [1.29, 1.82) is 0 Å². The molecule has 7 heteroatoms. The molecule has 4 N–H and O–H groups in total. The van der Waals surface area contributed by atoms with E-state index in [4.69, 9.17) is 9.84 Å². The average molecular weight is 281 g/mol. The number of aliphatic hydroxyl groups excluding tert-OH is 4. The van der Waals surface area contributed by atoms with Crippen molar-refractivity contribution in [3.8, 4) is 0 Å². The number of carbonyl (C=O) groups excluding carboxylic acids is 1. The number of nitrogens with zero attached hydrogens (tertiary/aromatic N) is 1. The van der Waals surface area contributed by atoms with Crippen LogP contribution in [0.4, 0.5) is 5.69 Å². The van der Waals surface area contributed by atoms with Gasteiger partial charge in [0, 0.05) is 5.56 Å². The summed E-state index contributed by atoms with van der Waals surface area (Å²) >= 11 is 0. The predicted octanol–water partition coefficient (Wildman–Crippen LogP) is -0.831. The van der Waals surface area contributed by atoms with E-state index >= 15 is 0 Å². The number of para-hydroxylation sites is 1. The average Bonchev–Trinajstić information content (AvgIpc) is 2.47. The van der Waals surface area contributed by atoms with E-state index in [0.717, 1.165) is 0 Å². The van der Waals surface area contributed by atoms with Crippen LogP contribution in [0.1, 0.15) is 11.7 Å². The lowest BCUT2D eigenvalue weighted by Gasteiger charge is -2.40. The smallest absolute Gasteiger partial charge is 0.240 e. The first kappa shape index (κ1) is 14.8. The summed E-state index contributed by atoms with van der Waals surface area (Å²) < 4.78 is 5.40. The SMILES string of the molecule is O=C=Nc1ccccc1[C@H]1O[C@H](CO)[C@H](O)[C@H](O)[C@H]1O. The van der Waals surface area contributed by atoms with Gasteiger partial charge in [0.2, 0.25) is 6.08 Å². The fourth-order valence-corrected chi connectivity index (χ4v) is 2.24. The normalized spacial score (nSPS) is 33.5. The highest BCUT2D eigenvalue weighted by atomic mass is 16.5. The summed E-state index contributed by atoms with van der Waals surface area (Å²) in [7, 11) is 0. The van der Waals surface area contributed by atoms with Gasteiger partial charge in [-0.15, -0.1) is 0 Å². The monoisotopic (exact) mass is 281 g/mol. The Labute approximate surface area is 114 Å². The third-order valence-corrected chi connectivity index (χ3v) is 3.30. The summed E-state index contributed by atoms with van der Waals surface area (Å²) in [5, 5.41) is 38.6. The quantitative estimate of drug-likeness (QED) is 0.424. The minimum Gasteiger partial charge on any atom is -0.394 e. The number of rotatable bonds is 3. The maximum Gasteiger partial charge on any atom is 0.240 e. The predicted molar refractivity (Wildman–Crippen MR) is 66.9 cm³/mol. The van der Waals surface area contributed by atoms with E-state index in [-0.39, 0.29) is 5.69 Å². The molecule has 1 saturated heterocycles. The molecule has 0 spiro atoms. The van der Waals surface area contributed by atoms with Crippen molar-refractivity contribution < 1.29 is 30.0 Å². The Bertz CT molecular complexity index is 513. The van der Waals surface area contributed by atoms with Crippen LogP contribution in [0.2, 0.25) is 0 Å². The molecule has 5 atom stereocenters. The second kappa shape index (κ2) is 6.23. The molecule has 0 saturated carbocycles. The summed E-state index contributed by atoms with van der Waals surface area (Å²) in [5.74, 6) is 0. The molecule has 0 radical (unpaired) electrons. The van der Waals surface area contributed by atoms with Crippen LogP contribution in [-0.2, 0) is 9.53 Å². The van der Waals surface area contributed by atoms with Gasteiger partial charge in [-0.2, -0.15) is 4.99 Å². The highest BCUT2D eigenvalue weighted by molar-refractivity contribution is 5.54. The van der Waals surface area contributed by atoms with Crippen molar-refractivity contribution in [3.05, 3.63) is 29.8 Å². The van der Waals surface area contributed by atoms with Gasteiger partial charge in [0.15, 0.2) is 0 Å². The molecule has 108 valence electrons. The van der Waals surface area contributed by atoms with Gasteiger partial charge in [0.05, 0.1) is 12.3 Å². The topological polar surface area (TPSA) is 120 Å². The minimum absolute atomic E-state index is 0.242. The molecular weight excluding hydrogens is 266 g/mol. The van der Waals surface area contributed by atoms with Gasteiger partial charge in [-0.3, -0.25) is 0 Å². The number of ether oxygens (including phenoxy) is 1. The Morgan fingerprint density at radius 3 is 2.50 bits per heavy atom. The number of isocyanates is 1. The van der Waals surface area contributed by atoms with Gasteiger partial charge in [-0.05, 0) is 6.07 Å². The molecule has 1 aliphatic heterocycles. The van der Waals surface area contributed by atoms with Crippen LogP contribution >= 0.6 is 0 Å². The lowest BCUT2D eigenvalue weighted by atomic mass is 9.90. The molecule has 1 fully saturated rings. The van der Waals surface area contributed by atoms with Gasteiger partial charge in [-0.25, -0.2) is 4.79 Å². The zero-order valence-corrected chi connectivity index (χ0v) is 10.5. The molecule has 2 rings (SSSR count). The molecule has 0 aromatic heterocycles. The molecule has 0 unspecified atom stereocenters. The lowest BCUT2D eigenvalue weighted by Crippen LogP contribution is -2.55. The fraction of sp³-hybridized carbons (Fsp3) is 0.462. The Morgan fingerprint density at radius 1 is 1.15 bits per heavy atom. The van der Waals surface area contributed by atoms with E-state index in [1.807, 2.05) is 0 Å². The second-order valence-electron chi connectivity index (χ2n) is 4.51. The summed E-state index contributed by atoms with van der Waals surface area (Å²) in [5.41, 5.74) is 0.611. The summed E-state index contributed by atoms with van der Waals surface area (Å²) in [6, 6.07) is 6.40. The molecule has 0 aliphatic carbocycles. The highest BCUT2D eigenvalue weighted by Gasteiger charge is 2.44. The Morgan fingerprint density at radius 2 is 1.85 bits per heavy atom. The Hall–Kier alpha value is -1.60. The number of hydrogen-bond donors (Lipinski definition) is 4. The summed E-state index contributed by atoms with van der Waals surface area (Å²) in [4.78, 5) is 13.9. The van der Waals surface area contributed by atoms with Crippen molar-refractivity contribution in [2.75, 3.05) is 6.61 Å². The van der Waals surface area contributed by atoms with Crippen LogP contribution in [0.25, 0.3) is 0 Å². The number of benzene rings is 1. The van der Waals surface area contributed by atoms with E-state index in [1.54, 1.807) is 18.2 Å². The molecule has 0 amide bonds. The van der Waals surface area contributed by atoms with E-state index in [9.17, 15) is 20.1 Å². The molecule has 1 aliphatic rings. The van der Waals surface area contributed by atoms with Gasteiger partial charge >= 0.3 is 0 Å². The molecule has 0 bridgehead atoms. The molecule has 7 nitrogen and oxygen atoms in total.